The van der Waals surface area contributed by atoms with Crippen LogP contribution in [0.3, 0.4) is 0 Å². The van der Waals surface area contributed by atoms with Gasteiger partial charge in [-0.1, -0.05) is 24.6 Å². The van der Waals surface area contributed by atoms with Crippen molar-refractivity contribution in [3.8, 4) is 0 Å². The Hall–Kier alpha value is -2.57. The maximum atomic E-state index is 6.83. The molecule has 5 rings (SSSR count). The first-order valence-electron chi connectivity index (χ1n) is 11.2. The first-order valence-corrected chi connectivity index (χ1v) is 12.0. The number of hydrogen-bond acceptors (Lipinski definition) is 3. The molecule has 2 aromatic heterocycles. The summed E-state index contributed by atoms with van der Waals surface area (Å²) in [5.74, 6) is 0.785. The minimum atomic E-state index is -0.0480. The summed E-state index contributed by atoms with van der Waals surface area (Å²) >= 11 is 12.7. The molecule has 2 fully saturated rings. The number of piperidine rings is 1. The molecule has 0 spiro atoms. The zero-order valence-corrected chi connectivity index (χ0v) is 20.0. The molecule has 0 unspecified atom stereocenters. The van der Waals surface area contributed by atoms with E-state index in [0.717, 1.165) is 41.1 Å². The minimum Gasteiger partial charge on any atom is -0.370 e. The third kappa shape index (κ3) is 3.97. The van der Waals surface area contributed by atoms with Crippen molar-refractivity contribution >= 4 is 40.3 Å². The number of benzene rings is 1. The molecule has 1 aromatic carbocycles. The van der Waals surface area contributed by atoms with Crippen LogP contribution in [-0.4, -0.2) is 27.8 Å². The van der Waals surface area contributed by atoms with Crippen LogP contribution in [0.4, 0.5) is 11.4 Å². The Kier molecular flexibility index (Phi) is 5.82. The maximum Gasteiger partial charge on any atom is 0.174 e. The molecule has 0 bridgehead atoms. The van der Waals surface area contributed by atoms with Crippen LogP contribution >= 0.6 is 23.8 Å². The molecule has 0 radical (unpaired) electrons. The fourth-order valence-corrected chi connectivity index (χ4v) is 5.46. The van der Waals surface area contributed by atoms with Gasteiger partial charge in [0.2, 0.25) is 0 Å². The number of anilines is 2. The lowest BCUT2D eigenvalue weighted by atomic mass is 9.98. The highest BCUT2D eigenvalue weighted by Gasteiger charge is 2.41. The normalized spacial score (nSPS) is 21.8. The molecule has 3 aromatic rings. The van der Waals surface area contributed by atoms with E-state index in [9.17, 15) is 0 Å². The summed E-state index contributed by atoms with van der Waals surface area (Å²) in [6.45, 7) is 4.43. The Balaban J connectivity index is 1.51. The molecule has 4 heterocycles. The van der Waals surface area contributed by atoms with Crippen LogP contribution in [0.1, 0.15) is 43.1 Å². The van der Waals surface area contributed by atoms with Gasteiger partial charge in [-0.2, -0.15) is 0 Å². The second-order valence-corrected chi connectivity index (χ2v) is 9.71. The Bertz CT molecular complexity index is 1110. The largest absolute Gasteiger partial charge is 0.370 e. The summed E-state index contributed by atoms with van der Waals surface area (Å²) < 4.78 is 2.07. The first kappa shape index (κ1) is 21.3. The number of halogens is 1. The Morgan fingerprint density at radius 1 is 1.12 bits per heavy atom. The van der Waals surface area contributed by atoms with Crippen molar-refractivity contribution in [2.24, 2.45) is 13.0 Å². The van der Waals surface area contributed by atoms with Gasteiger partial charge in [0, 0.05) is 44.4 Å². The van der Waals surface area contributed by atoms with E-state index in [4.69, 9.17) is 23.8 Å². The van der Waals surface area contributed by atoms with Crippen LogP contribution in [-0.2, 0) is 7.05 Å². The van der Waals surface area contributed by atoms with Gasteiger partial charge in [-0.25, -0.2) is 0 Å². The average molecular weight is 466 g/mol. The summed E-state index contributed by atoms with van der Waals surface area (Å²) in [6, 6.07) is 14.4. The summed E-state index contributed by atoms with van der Waals surface area (Å²) in [7, 11) is 2.04. The number of aryl methyl sites for hydroxylation is 1. The van der Waals surface area contributed by atoms with Gasteiger partial charge in [0.25, 0.3) is 0 Å². The number of aromatic nitrogens is 2. The van der Waals surface area contributed by atoms with Crippen LogP contribution in [0.5, 0.6) is 0 Å². The van der Waals surface area contributed by atoms with Crippen molar-refractivity contribution in [2.45, 2.75) is 31.8 Å². The lowest BCUT2D eigenvalue weighted by Gasteiger charge is -2.33. The number of pyridine rings is 1. The van der Waals surface area contributed by atoms with E-state index < -0.39 is 0 Å². The number of rotatable bonds is 4. The Labute approximate surface area is 200 Å². The monoisotopic (exact) mass is 465 g/mol. The number of hydrogen-bond donors (Lipinski definition) is 1. The van der Waals surface area contributed by atoms with Crippen LogP contribution in [0.2, 0.25) is 5.02 Å². The standard InChI is InChI=1S/C25H28ClN5S/c1-17-8-13-30(14-9-17)22-7-6-19(15-20(22)26)31-24(18-10-12-29(2)16-18)23(28-25(31)32)21-5-3-4-11-27-21/h3-7,10-12,15-17,23-24H,8-9,13-14H2,1-2H3,(H,28,32)/t23-,24-/m0/s1. The predicted octanol–water partition coefficient (Wildman–Crippen LogP) is 5.49. The SMILES string of the molecule is CC1CCN(c2ccc(N3C(=S)N[C@@H](c4ccccn4)[C@@H]3c3ccn(C)c3)cc2Cl)CC1. The van der Waals surface area contributed by atoms with Gasteiger partial charge >= 0.3 is 0 Å². The molecule has 5 nitrogen and oxygen atoms in total. The molecule has 0 saturated carbocycles. The van der Waals surface area contributed by atoms with Gasteiger partial charge < -0.3 is 19.7 Å². The number of thiocarbonyl (C=S) groups is 1. The van der Waals surface area contributed by atoms with Gasteiger partial charge in [-0.05, 0) is 72.9 Å². The third-order valence-corrected chi connectivity index (χ3v) is 7.25. The van der Waals surface area contributed by atoms with Gasteiger partial charge in [0.15, 0.2) is 5.11 Å². The zero-order valence-electron chi connectivity index (χ0n) is 18.4. The number of nitrogens with zero attached hydrogens (tertiary/aromatic N) is 4. The summed E-state index contributed by atoms with van der Waals surface area (Å²) in [6.07, 6.45) is 8.46. The third-order valence-electron chi connectivity index (χ3n) is 6.63. The summed E-state index contributed by atoms with van der Waals surface area (Å²) in [4.78, 5) is 9.20. The lowest BCUT2D eigenvalue weighted by Crippen LogP contribution is -2.33. The second kappa shape index (κ2) is 8.75. The van der Waals surface area contributed by atoms with Crippen molar-refractivity contribution in [1.82, 2.24) is 14.9 Å². The van der Waals surface area contributed by atoms with Crippen molar-refractivity contribution in [2.75, 3.05) is 22.9 Å². The molecule has 2 atom stereocenters. The molecule has 0 amide bonds. The van der Waals surface area contributed by atoms with E-state index in [1.54, 1.807) is 0 Å². The van der Waals surface area contributed by atoms with E-state index in [0.29, 0.717) is 5.11 Å². The molecular formula is C25H28ClN5S. The van der Waals surface area contributed by atoms with Gasteiger partial charge in [-0.15, -0.1) is 0 Å². The topological polar surface area (TPSA) is 36.3 Å². The highest BCUT2D eigenvalue weighted by molar-refractivity contribution is 7.80. The van der Waals surface area contributed by atoms with E-state index >= 15 is 0 Å². The Morgan fingerprint density at radius 2 is 1.94 bits per heavy atom. The van der Waals surface area contributed by atoms with E-state index in [1.165, 1.54) is 18.4 Å². The molecule has 2 aliphatic rings. The smallest absolute Gasteiger partial charge is 0.174 e. The molecule has 1 N–H and O–H groups in total. The average Bonchev–Trinajstić information content (AvgIpc) is 3.38. The van der Waals surface area contributed by atoms with Crippen LogP contribution in [0, 0.1) is 5.92 Å². The quantitative estimate of drug-likeness (QED) is 0.516. The highest BCUT2D eigenvalue weighted by Crippen LogP contribution is 2.43. The van der Waals surface area contributed by atoms with Gasteiger partial charge in [0.1, 0.15) is 0 Å². The number of nitrogens with one attached hydrogen (secondary N) is 1. The fourth-order valence-electron chi connectivity index (χ4n) is 4.82. The lowest BCUT2D eigenvalue weighted by molar-refractivity contribution is 0.438. The Morgan fingerprint density at radius 3 is 2.59 bits per heavy atom. The molecular weight excluding hydrogens is 438 g/mol. The van der Waals surface area contributed by atoms with Gasteiger partial charge in [-0.3, -0.25) is 4.98 Å². The van der Waals surface area contributed by atoms with Crippen LogP contribution in [0.15, 0.2) is 61.1 Å². The van der Waals surface area contributed by atoms with E-state index in [2.05, 4.69) is 68.3 Å². The van der Waals surface area contributed by atoms with Crippen LogP contribution in [0.25, 0.3) is 0 Å². The van der Waals surface area contributed by atoms with Gasteiger partial charge in [0.05, 0.1) is 28.5 Å². The molecule has 2 saturated heterocycles. The van der Waals surface area contributed by atoms with Crippen molar-refractivity contribution in [3.05, 3.63) is 77.3 Å². The molecule has 0 aliphatic carbocycles. The molecule has 7 heteroatoms. The van der Waals surface area contributed by atoms with E-state index in [1.807, 2.05) is 31.4 Å². The minimum absolute atomic E-state index is 0.0173. The second-order valence-electron chi connectivity index (χ2n) is 8.91. The van der Waals surface area contributed by atoms with E-state index in [-0.39, 0.29) is 12.1 Å². The molecule has 32 heavy (non-hydrogen) atoms. The summed E-state index contributed by atoms with van der Waals surface area (Å²) in [5.41, 5.74) is 4.25. The highest BCUT2D eigenvalue weighted by atomic mass is 35.5. The van der Waals surface area contributed by atoms with Crippen molar-refractivity contribution < 1.29 is 0 Å². The predicted molar refractivity (Wildman–Crippen MR) is 135 cm³/mol. The van der Waals surface area contributed by atoms with Crippen molar-refractivity contribution in [1.29, 1.82) is 0 Å². The summed E-state index contributed by atoms with van der Waals surface area (Å²) in [5, 5.41) is 4.97. The molecule has 2 aliphatic heterocycles. The first-order chi connectivity index (χ1) is 15.5. The van der Waals surface area contributed by atoms with Crippen molar-refractivity contribution in [3.63, 3.8) is 0 Å². The van der Waals surface area contributed by atoms with Crippen LogP contribution < -0.4 is 15.1 Å². The maximum absolute atomic E-state index is 6.83. The zero-order chi connectivity index (χ0) is 22.2. The molecule has 166 valence electrons. The fraction of sp³-hybridized carbons (Fsp3) is 0.360.